The molecule has 0 atom stereocenters. The second-order valence-corrected chi connectivity index (χ2v) is 3.21. The van der Waals surface area contributed by atoms with Crippen molar-refractivity contribution in [2.24, 2.45) is 7.05 Å². The third-order valence-corrected chi connectivity index (χ3v) is 2.02. The standard InChI is InChI=1S/C9H8ClN3O/c1-13-8(11-9(10)12-13)6-2-4-7(14)5-3-6/h2-5,14H,1H3. The van der Waals surface area contributed by atoms with Crippen LogP contribution in [0.2, 0.25) is 5.28 Å². The zero-order valence-corrected chi connectivity index (χ0v) is 8.23. The molecule has 0 radical (unpaired) electrons. The van der Waals surface area contributed by atoms with Crippen molar-refractivity contribution >= 4 is 11.6 Å². The number of hydrogen-bond donors (Lipinski definition) is 1. The molecule has 2 aromatic rings. The smallest absolute Gasteiger partial charge is 0.242 e. The number of aromatic hydroxyl groups is 1. The lowest BCUT2D eigenvalue weighted by Gasteiger charge is -1.99. The zero-order chi connectivity index (χ0) is 10.1. The Hall–Kier alpha value is -1.55. The first kappa shape index (κ1) is 9.02. The Balaban J connectivity index is 2.49. The van der Waals surface area contributed by atoms with Crippen LogP contribution in [0.5, 0.6) is 5.75 Å². The third-order valence-electron chi connectivity index (χ3n) is 1.86. The maximum absolute atomic E-state index is 9.11. The minimum Gasteiger partial charge on any atom is -0.508 e. The summed E-state index contributed by atoms with van der Waals surface area (Å²) in [6.07, 6.45) is 0. The van der Waals surface area contributed by atoms with E-state index in [1.165, 1.54) is 0 Å². The number of aryl methyl sites for hydroxylation is 1. The fourth-order valence-corrected chi connectivity index (χ4v) is 1.41. The van der Waals surface area contributed by atoms with Crippen molar-refractivity contribution in [3.05, 3.63) is 29.5 Å². The molecule has 1 aromatic heterocycles. The van der Waals surface area contributed by atoms with Crippen LogP contribution in [0.3, 0.4) is 0 Å². The van der Waals surface area contributed by atoms with Crippen molar-refractivity contribution in [1.82, 2.24) is 14.8 Å². The van der Waals surface area contributed by atoms with Crippen LogP contribution in [0, 0.1) is 0 Å². The Kier molecular flexibility index (Phi) is 2.13. The van der Waals surface area contributed by atoms with Gasteiger partial charge in [0.15, 0.2) is 5.82 Å². The summed E-state index contributed by atoms with van der Waals surface area (Å²) < 4.78 is 1.59. The van der Waals surface area contributed by atoms with E-state index in [0.717, 1.165) is 5.56 Å². The summed E-state index contributed by atoms with van der Waals surface area (Å²) in [6, 6.07) is 6.71. The molecule has 5 heteroatoms. The number of aromatic nitrogens is 3. The van der Waals surface area contributed by atoms with Gasteiger partial charge in [0.05, 0.1) is 0 Å². The molecule has 0 saturated carbocycles. The second-order valence-electron chi connectivity index (χ2n) is 2.87. The number of nitrogens with zero attached hydrogens (tertiary/aromatic N) is 3. The topological polar surface area (TPSA) is 50.9 Å². The predicted molar refractivity (Wildman–Crippen MR) is 53.1 cm³/mol. The molecule has 0 spiro atoms. The normalized spacial score (nSPS) is 10.4. The van der Waals surface area contributed by atoms with Gasteiger partial charge in [0, 0.05) is 12.6 Å². The lowest BCUT2D eigenvalue weighted by Crippen LogP contribution is -1.93. The van der Waals surface area contributed by atoms with Gasteiger partial charge in [-0.15, -0.1) is 5.10 Å². The van der Waals surface area contributed by atoms with Crippen molar-refractivity contribution < 1.29 is 5.11 Å². The molecule has 0 aliphatic carbocycles. The minimum absolute atomic E-state index is 0.218. The van der Waals surface area contributed by atoms with Gasteiger partial charge in [-0.1, -0.05) is 0 Å². The Morgan fingerprint density at radius 2 is 1.93 bits per heavy atom. The maximum Gasteiger partial charge on any atom is 0.242 e. The van der Waals surface area contributed by atoms with Crippen LogP contribution in [0.4, 0.5) is 0 Å². The van der Waals surface area contributed by atoms with E-state index in [-0.39, 0.29) is 11.0 Å². The van der Waals surface area contributed by atoms with Gasteiger partial charge in [-0.05, 0) is 35.9 Å². The van der Waals surface area contributed by atoms with Gasteiger partial charge in [0.2, 0.25) is 5.28 Å². The number of phenols is 1. The van der Waals surface area contributed by atoms with Crippen LogP contribution < -0.4 is 0 Å². The number of halogens is 1. The lowest BCUT2D eigenvalue weighted by atomic mass is 10.2. The molecule has 0 amide bonds. The van der Waals surface area contributed by atoms with Gasteiger partial charge in [0.1, 0.15) is 5.75 Å². The summed E-state index contributed by atoms with van der Waals surface area (Å²) in [7, 11) is 1.76. The third kappa shape index (κ3) is 1.56. The van der Waals surface area contributed by atoms with E-state index >= 15 is 0 Å². The Labute approximate surface area is 85.8 Å². The highest BCUT2D eigenvalue weighted by Gasteiger charge is 2.07. The van der Waals surface area contributed by atoms with Crippen molar-refractivity contribution in [2.75, 3.05) is 0 Å². The van der Waals surface area contributed by atoms with E-state index in [4.69, 9.17) is 16.7 Å². The first-order valence-electron chi connectivity index (χ1n) is 4.03. The first-order valence-corrected chi connectivity index (χ1v) is 4.40. The molecular weight excluding hydrogens is 202 g/mol. The molecule has 2 rings (SSSR count). The van der Waals surface area contributed by atoms with Crippen molar-refractivity contribution in [3.8, 4) is 17.1 Å². The van der Waals surface area contributed by atoms with Crippen molar-refractivity contribution in [2.45, 2.75) is 0 Å². The van der Waals surface area contributed by atoms with E-state index in [0.29, 0.717) is 5.82 Å². The van der Waals surface area contributed by atoms with Crippen LogP contribution in [-0.4, -0.2) is 19.9 Å². The Bertz CT molecular complexity index is 450. The second kappa shape index (κ2) is 3.31. The zero-order valence-electron chi connectivity index (χ0n) is 7.48. The largest absolute Gasteiger partial charge is 0.508 e. The number of hydrogen-bond acceptors (Lipinski definition) is 3. The fourth-order valence-electron chi connectivity index (χ4n) is 1.22. The fraction of sp³-hybridized carbons (Fsp3) is 0.111. The molecule has 0 bridgehead atoms. The number of benzene rings is 1. The Morgan fingerprint density at radius 3 is 2.43 bits per heavy atom. The predicted octanol–water partition coefficient (Wildman–Crippen LogP) is 1.84. The van der Waals surface area contributed by atoms with Crippen molar-refractivity contribution in [1.29, 1.82) is 0 Å². The highest BCUT2D eigenvalue weighted by atomic mass is 35.5. The molecule has 0 unspecified atom stereocenters. The van der Waals surface area contributed by atoms with Gasteiger partial charge in [0.25, 0.3) is 0 Å². The molecular formula is C9H8ClN3O. The van der Waals surface area contributed by atoms with E-state index in [2.05, 4.69) is 10.1 Å². The monoisotopic (exact) mass is 209 g/mol. The molecule has 1 aromatic carbocycles. The summed E-state index contributed by atoms with van der Waals surface area (Å²) >= 11 is 5.65. The molecule has 0 saturated heterocycles. The van der Waals surface area contributed by atoms with Crippen LogP contribution in [-0.2, 0) is 7.05 Å². The van der Waals surface area contributed by atoms with Gasteiger partial charge >= 0.3 is 0 Å². The summed E-state index contributed by atoms with van der Waals surface area (Å²) in [6.45, 7) is 0. The quantitative estimate of drug-likeness (QED) is 0.780. The molecule has 1 N–H and O–H groups in total. The Morgan fingerprint density at radius 1 is 1.29 bits per heavy atom. The maximum atomic E-state index is 9.11. The molecule has 72 valence electrons. The van der Waals surface area contributed by atoms with Crippen LogP contribution >= 0.6 is 11.6 Å². The summed E-state index contributed by atoms with van der Waals surface area (Å²) in [5.41, 5.74) is 0.865. The van der Waals surface area contributed by atoms with E-state index in [9.17, 15) is 0 Å². The molecule has 0 aliphatic rings. The van der Waals surface area contributed by atoms with Gasteiger partial charge < -0.3 is 5.11 Å². The van der Waals surface area contributed by atoms with Crippen LogP contribution in [0.15, 0.2) is 24.3 Å². The van der Waals surface area contributed by atoms with Crippen LogP contribution in [0.25, 0.3) is 11.4 Å². The molecule has 0 aliphatic heterocycles. The average Bonchev–Trinajstić information content (AvgIpc) is 2.47. The van der Waals surface area contributed by atoms with Crippen LogP contribution in [0.1, 0.15) is 0 Å². The number of rotatable bonds is 1. The summed E-state index contributed by atoms with van der Waals surface area (Å²) in [5.74, 6) is 0.900. The average molecular weight is 210 g/mol. The van der Waals surface area contributed by atoms with Gasteiger partial charge in [-0.25, -0.2) is 4.68 Å². The molecule has 14 heavy (non-hydrogen) atoms. The van der Waals surface area contributed by atoms with Gasteiger partial charge in [-0.3, -0.25) is 0 Å². The first-order chi connectivity index (χ1) is 6.66. The highest BCUT2D eigenvalue weighted by Crippen LogP contribution is 2.20. The lowest BCUT2D eigenvalue weighted by molar-refractivity contribution is 0.475. The summed E-state index contributed by atoms with van der Waals surface area (Å²) in [4.78, 5) is 4.05. The molecule has 0 fully saturated rings. The van der Waals surface area contributed by atoms with E-state index in [1.54, 1.807) is 36.0 Å². The van der Waals surface area contributed by atoms with Gasteiger partial charge in [-0.2, -0.15) is 4.98 Å². The molecule has 4 nitrogen and oxygen atoms in total. The van der Waals surface area contributed by atoms with Crippen molar-refractivity contribution in [3.63, 3.8) is 0 Å². The minimum atomic E-state index is 0.218. The highest BCUT2D eigenvalue weighted by molar-refractivity contribution is 6.28. The SMILES string of the molecule is Cn1nc(Cl)nc1-c1ccc(O)cc1. The molecule has 1 heterocycles. The number of phenolic OH excluding ortho intramolecular Hbond substituents is 1. The summed E-state index contributed by atoms with van der Waals surface area (Å²) in [5, 5.41) is 13.2. The van der Waals surface area contributed by atoms with E-state index in [1.807, 2.05) is 0 Å². The van der Waals surface area contributed by atoms with E-state index < -0.39 is 0 Å².